The van der Waals surface area contributed by atoms with Crippen molar-refractivity contribution in [1.29, 1.82) is 0 Å². The number of fused-ring (bicyclic) bond motifs is 1. The van der Waals surface area contributed by atoms with Crippen molar-refractivity contribution >= 4 is 33.4 Å². The fourth-order valence-corrected chi connectivity index (χ4v) is 5.13. The SMILES string of the molecule is CC(=O)Nc1ccc(S(=O)(=O)NCC2(O)CSCc3ccccc32)cc1. The summed E-state index contributed by atoms with van der Waals surface area (Å²) in [6, 6.07) is 13.4. The monoisotopic (exact) mass is 392 g/mol. The lowest BCUT2D eigenvalue weighted by molar-refractivity contribution is -0.114. The minimum atomic E-state index is -3.78. The second-order valence-electron chi connectivity index (χ2n) is 6.21. The summed E-state index contributed by atoms with van der Waals surface area (Å²) >= 11 is 1.57. The van der Waals surface area contributed by atoms with E-state index in [1.165, 1.54) is 31.2 Å². The Morgan fingerprint density at radius 3 is 2.58 bits per heavy atom. The third kappa shape index (κ3) is 4.09. The summed E-state index contributed by atoms with van der Waals surface area (Å²) in [5.41, 5.74) is 1.06. The lowest BCUT2D eigenvalue weighted by Crippen LogP contribution is -2.44. The Hall–Kier alpha value is -1.87. The predicted octanol–water partition coefficient (Wildman–Crippen LogP) is 2.06. The molecule has 3 N–H and O–H groups in total. The molecular formula is C18H20N2O4S2. The molecule has 1 amide bonds. The van der Waals surface area contributed by atoms with Gasteiger partial charge in [0, 0.05) is 30.7 Å². The summed E-state index contributed by atoms with van der Waals surface area (Å²) < 4.78 is 27.6. The second kappa shape index (κ2) is 7.40. The van der Waals surface area contributed by atoms with Crippen LogP contribution >= 0.6 is 11.8 Å². The highest BCUT2D eigenvalue weighted by atomic mass is 32.2. The minimum Gasteiger partial charge on any atom is -0.383 e. The van der Waals surface area contributed by atoms with Gasteiger partial charge >= 0.3 is 0 Å². The summed E-state index contributed by atoms with van der Waals surface area (Å²) in [4.78, 5) is 11.1. The smallest absolute Gasteiger partial charge is 0.240 e. The third-order valence-corrected chi connectivity index (χ3v) is 6.77. The van der Waals surface area contributed by atoms with Crippen molar-refractivity contribution in [1.82, 2.24) is 4.72 Å². The van der Waals surface area contributed by atoms with Gasteiger partial charge in [-0.15, -0.1) is 0 Å². The maximum absolute atomic E-state index is 12.5. The zero-order valence-corrected chi connectivity index (χ0v) is 15.9. The van der Waals surface area contributed by atoms with E-state index in [1.54, 1.807) is 11.8 Å². The van der Waals surface area contributed by atoms with Crippen molar-refractivity contribution in [3.63, 3.8) is 0 Å². The van der Waals surface area contributed by atoms with E-state index >= 15 is 0 Å². The largest absolute Gasteiger partial charge is 0.383 e. The predicted molar refractivity (Wildman–Crippen MR) is 102 cm³/mol. The van der Waals surface area contributed by atoms with Crippen LogP contribution in [-0.4, -0.2) is 31.7 Å². The fourth-order valence-electron chi connectivity index (χ4n) is 2.87. The van der Waals surface area contributed by atoms with Gasteiger partial charge in [0.05, 0.1) is 4.90 Å². The van der Waals surface area contributed by atoms with E-state index in [1.807, 2.05) is 24.3 Å². The molecule has 0 saturated carbocycles. The van der Waals surface area contributed by atoms with Crippen molar-refractivity contribution in [3.05, 3.63) is 59.7 Å². The Bertz CT molecular complexity index is 913. The first-order chi connectivity index (χ1) is 12.3. The zero-order chi connectivity index (χ0) is 18.8. The molecule has 0 aliphatic carbocycles. The van der Waals surface area contributed by atoms with Crippen LogP contribution < -0.4 is 10.0 Å². The molecule has 0 bridgehead atoms. The maximum Gasteiger partial charge on any atom is 0.240 e. The van der Waals surface area contributed by atoms with E-state index in [0.29, 0.717) is 11.4 Å². The number of sulfonamides is 1. The second-order valence-corrected chi connectivity index (χ2v) is 8.96. The Balaban J connectivity index is 1.75. The summed E-state index contributed by atoms with van der Waals surface area (Å²) in [7, 11) is -3.78. The number of anilines is 1. The zero-order valence-electron chi connectivity index (χ0n) is 14.2. The van der Waals surface area contributed by atoms with Crippen LogP contribution in [0.25, 0.3) is 0 Å². The van der Waals surface area contributed by atoms with Crippen molar-refractivity contribution in [3.8, 4) is 0 Å². The molecule has 3 rings (SSSR count). The van der Waals surface area contributed by atoms with Gasteiger partial charge in [-0.25, -0.2) is 13.1 Å². The number of hydrogen-bond acceptors (Lipinski definition) is 5. The molecule has 1 aliphatic rings. The van der Waals surface area contributed by atoms with Crippen molar-refractivity contribution in [2.75, 3.05) is 17.6 Å². The Kier molecular flexibility index (Phi) is 5.38. The first kappa shape index (κ1) is 18.9. The van der Waals surface area contributed by atoms with Crippen LogP contribution in [0, 0.1) is 0 Å². The summed E-state index contributed by atoms with van der Waals surface area (Å²) in [5.74, 6) is 0.999. The Labute approximate surface area is 157 Å². The molecule has 0 saturated heterocycles. The lowest BCUT2D eigenvalue weighted by atomic mass is 9.91. The Morgan fingerprint density at radius 1 is 1.19 bits per heavy atom. The van der Waals surface area contributed by atoms with E-state index in [9.17, 15) is 18.3 Å². The molecule has 26 heavy (non-hydrogen) atoms. The van der Waals surface area contributed by atoms with E-state index in [4.69, 9.17) is 0 Å². The molecule has 1 aliphatic heterocycles. The van der Waals surface area contributed by atoms with Gasteiger partial charge in [0.1, 0.15) is 5.60 Å². The van der Waals surface area contributed by atoms with Crippen molar-refractivity contribution in [2.24, 2.45) is 0 Å². The summed E-state index contributed by atoms with van der Waals surface area (Å²) in [6.07, 6.45) is 0. The first-order valence-electron chi connectivity index (χ1n) is 8.06. The number of aliphatic hydroxyl groups is 1. The van der Waals surface area contributed by atoms with Crippen LogP contribution in [0.4, 0.5) is 5.69 Å². The van der Waals surface area contributed by atoms with Gasteiger partial charge in [0.25, 0.3) is 0 Å². The number of carbonyl (C=O) groups is 1. The van der Waals surface area contributed by atoms with Crippen LogP contribution in [0.5, 0.6) is 0 Å². The highest BCUT2D eigenvalue weighted by Crippen LogP contribution is 2.36. The van der Waals surface area contributed by atoms with Crippen LogP contribution in [0.1, 0.15) is 18.1 Å². The van der Waals surface area contributed by atoms with Gasteiger partial charge in [0.15, 0.2) is 0 Å². The number of thioether (sulfide) groups is 1. The van der Waals surface area contributed by atoms with Crippen molar-refractivity contribution < 1.29 is 18.3 Å². The van der Waals surface area contributed by atoms with E-state index in [0.717, 1.165) is 16.9 Å². The van der Waals surface area contributed by atoms with Gasteiger partial charge in [-0.2, -0.15) is 11.8 Å². The highest BCUT2D eigenvalue weighted by Gasteiger charge is 2.35. The van der Waals surface area contributed by atoms with E-state index in [-0.39, 0.29) is 17.3 Å². The molecule has 2 aromatic rings. The van der Waals surface area contributed by atoms with Crippen LogP contribution in [-0.2, 0) is 26.2 Å². The average Bonchev–Trinajstić information content (AvgIpc) is 2.61. The molecule has 6 nitrogen and oxygen atoms in total. The van der Waals surface area contributed by atoms with Gasteiger partial charge in [-0.05, 0) is 35.4 Å². The van der Waals surface area contributed by atoms with Crippen LogP contribution in [0.15, 0.2) is 53.4 Å². The van der Waals surface area contributed by atoms with Gasteiger partial charge in [-0.1, -0.05) is 24.3 Å². The quantitative estimate of drug-likeness (QED) is 0.724. The average molecular weight is 393 g/mol. The third-order valence-electron chi connectivity index (χ3n) is 4.16. The molecule has 1 unspecified atom stereocenters. The molecule has 138 valence electrons. The first-order valence-corrected chi connectivity index (χ1v) is 10.7. The van der Waals surface area contributed by atoms with Crippen LogP contribution in [0.3, 0.4) is 0 Å². The number of carbonyl (C=O) groups excluding carboxylic acids is 1. The lowest BCUT2D eigenvalue weighted by Gasteiger charge is -2.34. The fraction of sp³-hybridized carbons (Fsp3) is 0.278. The molecule has 0 aromatic heterocycles. The van der Waals surface area contributed by atoms with E-state index < -0.39 is 15.6 Å². The molecule has 1 heterocycles. The van der Waals surface area contributed by atoms with E-state index in [2.05, 4.69) is 10.0 Å². The number of benzene rings is 2. The molecule has 2 aromatic carbocycles. The normalized spacial score (nSPS) is 19.6. The number of nitrogens with one attached hydrogen (secondary N) is 2. The minimum absolute atomic E-state index is 0.0759. The topological polar surface area (TPSA) is 95.5 Å². The molecule has 8 heteroatoms. The van der Waals surface area contributed by atoms with Gasteiger partial charge in [0.2, 0.25) is 15.9 Å². The summed E-state index contributed by atoms with van der Waals surface area (Å²) in [6.45, 7) is 1.28. The van der Waals surface area contributed by atoms with Gasteiger partial charge in [-0.3, -0.25) is 4.79 Å². The molecule has 0 spiro atoms. The molecule has 0 radical (unpaired) electrons. The van der Waals surface area contributed by atoms with Crippen LogP contribution in [0.2, 0.25) is 0 Å². The highest BCUT2D eigenvalue weighted by molar-refractivity contribution is 7.98. The number of amides is 1. The van der Waals surface area contributed by atoms with Crippen molar-refractivity contribution in [2.45, 2.75) is 23.2 Å². The maximum atomic E-state index is 12.5. The Morgan fingerprint density at radius 2 is 1.88 bits per heavy atom. The molecular weight excluding hydrogens is 372 g/mol. The van der Waals surface area contributed by atoms with Gasteiger partial charge < -0.3 is 10.4 Å². The number of rotatable bonds is 5. The molecule has 0 fully saturated rings. The molecule has 1 atom stereocenters. The number of hydrogen-bond donors (Lipinski definition) is 3. The standard InChI is InChI=1S/C18H20N2O4S2/c1-13(21)20-15-6-8-16(9-7-15)26(23,24)19-11-18(22)12-25-10-14-4-2-3-5-17(14)18/h2-9,19,22H,10-12H2,1H3,(H,20,21). The summed E-state index contributed by atoms with van der Waals surface area (Å²) in [5, 5.41) is 13.6.